The number of likely N-dealkylation sites (tertiary alicyclic amines) is 1. The number of hydrogen-bond acceptors (Lipinski definition) is 3. The molecule has 21 heavy (non-hydrogen) atoms. The van der Waals surface area contributed by atoms with Gasteiger partial charge in [-0.25, -0.2) is 0 Å². The summed E-state index contributed by atoms with van der Waals surface area (Å²) in [6.07, 6.45) is 2.41. The van der Waals surface area contributed by atoms with E-state index < -0.39 is 5.41 Å². The molecule has 1 saturated heterocycles. The van der Waals surface area contributed by atoms with Crippen LogP contribution in [-0.2, 0) is 4.79 Å². The molecule has 1 aliphatic heterocycles. The molecule has 0 saturated carbocycles. The molecule has 1 aromatic heterocycles. The summed E-state index contributed by atoms with van der Waals surface area (Å²) in [6.45, 7) is 2.95. The Kier molecular flexibility index (Phi) is 3.16. The van der Waals surface area contributed by atoms with Crippen LogP contribution in [0.4, 0.5) is 0 Å². The van der Waals surface area contributed by atoms with Gasteiger partial charge in [0.2, 0.25) is 5.91 Å². The van der Waals surface area contributed by atoms with Crippen molar-refractivity contribution in [1.82, 2.24) is 20.4 Å². The molecule has 1 fully saturated rings. The Morgan fingerprint density at radius 2 is 2.24 bits per heavy atom. The second-order valence-electron chi connectivity index (χ2n) is 5.79. The van der Waals surface area contributed by atoms with Crippen molar-refractivity contribution in [2.24, 2.45) is 5.41 Å². The number of carbonyl (C=O) groups is 2. The van der Waals surface area contributed by atoms with Crippen LogP contribution in [0.25, 0.3) is 10.9 Å². The number of fused-ring (bicyclic) bond motifs is 1. The first kappa shape index (κ1) is 13.6. The topological polar surface area (TPSA) is 78.1 Å². The maximum atomic E-state index is 12.6. The maximum absolute atomic E-state index is 12.6. The summed E-state index contributed by atoms with van der Waals surface area (Å²) in [5, 5.41) is 10.5. The first-order valence-corrected chi connectivity index (χ1v) is 6.98. The third kappa shape index (κ3) is 2.26. The third-order valence-corrected chi connectivity index (χ3v) is 4.22. The molecule has 6 nitrogen and oxygen atoms in total. The van der Waals surface area contributed by atoms with Gasteiger partial charge in [-0.2, -0.15) is 5.10 Å². The number of carbonyl (C=O) groups excluding carboxylic acids is 2. The van der Waals surface area contributed by atoms with Gasteiger partial charge in [0.15, 0.2) is 0 Å². The average Bonchev–Trinajstić information content (AvgIpc) is 3.12. The molecule has 110 valence electrons. The van der Waals surface area contributed by atoms with Crippen molar-refractivity contribution in [1.29, 1.82) is 0 Å². The number of nitrogens with zero attached hydrogens (tertiary/aromatic N) is 2. The van der Waals surface area contributed by atoms with Crippen molar-refractivity contribution in [3.63, 3.8) is 0 Å². The fraction of sp³-hybridized carbons (Fsp3) is 0.400. The van der Waals surface area contributed by atoms with Crippen LogP contribution in [0, 0.1) is 5.41 Å². The summed E-state index contributed by atoms with van der Waals surface area (Å²) in [6, 6.07) is 5.48. The number of H-pyrrole nitrogens is 1. The lowest BCUT2D eigenvalue weighted by Gasteiger charge is -2.22. The van der Waals surface area contributed by atoms with Crippen molar-refractivity contribution < 1.29 is 9.59 Å². The summed E-state index contributed by atoms with van der Waals surface area (Å²) >= 11 is 0. The largest absolute Gasteiger partial charge is 0.359 e. The van der Waals surface area contributed by atoms with Gasteiger partial charge in [0, 0.05) is 31.1 Å². The van der Waals surface area contributed by atoms with Crippen LogP contribution in [0.1, 0.15) is 23.7 Å². The van der Waals surface area contributed by atoms with Crippen LogP contribution in [0.15, 0.2) is 24.4 Å². The minimum Gasteiger partial charge on any atom is -0.359 e. The molecule has 0 radical (unpaired) electrons. The van der Waals surface area contributed by atoms with Crippen LogP contribution in [0.5, 0.6) is 0 Å². The Labute approximate surface area is 122 Å². The highest BCUT2D eigenvalue weighted by molar-refractivity contribution is 5.98. The van der Waals surface area contributed by atoms with E-state index in [4.69, 9.17) is 0 Å². The van der Waals surface area contributed by atoms with Crippen LogP contribution >= 0.6 is 0 Å². The minimum atomic E-state index is -0.498. The van der Waals surface area contributed by atoms with Crippen molar-refractivity contribution in [3.05, 3.63) is 30.0 Å². The number of hydrogen-bond donors (Lipinski definition) is 2. The molecule has 0 aliphatic carbocycles. The molecule has 2 N–H and O–H groups in total. The highest BCUT2D eigenvalue weighted by Crippen LogP contribution is 2.31. The molecular weight excluding hydrogens is 268 g/mol. The van der Waals surface area contributed by atoms with E-state index in [-0.39, 0.29) is 11.8 Å². The maximum Gasteiger partial charge on any atom is 0.253 e. The number of aromatic nitrogens is 2. The van der Waals surface area contributed by atoms with Crippen molar-refractivity contribution in [2.45, 2.75) is 13.3 Å². The molecule has 1 aliphatic rings. The zero-order chi connectivity index (χ0) is 15.0. The first-order chi connectivity index (χ1) is 10.0. The van der Waals surface area contributed by atoms with E-state index in [1.807, 2.05) is 13.0 Å². The van der Waals surface area contributed by atoms with E-state index in [0.717, 1.165) is 10.9 Å². The second-order valence-corrected chi connectivity index (χ2v) is 5.79. The number of amides is 2. The van der Waals surface area contributed by atoms with Crippen LogP contribution in [0.2, 0.25) is 0 Å². The fourth-order valence-corrected chi connectivity index (χ4v) is 2.87. The van der Waals surface area contributed by atoms with E-state index in [0.29, 0.717) is 25.1 Å². The van der Waals surface area contributed by atoms with Crippen LogP contribution in [0.3, 0.4) is 0 Å². The molecule has 0 spiro atoms. The van der Waals surface area contributed by atoms with Gasteiger partial charge in [0.05, 0.1) is 17.1 Å². The highest BCUT2D eigenvalue weighted by Gasteiger charge is 2.41. The van der Waals surface area contributed by atoms with Gasteiger partial charge >= 0.3 is 0 Å². The summed E-state index contributed by atoms with van der Waals surface area (Å²) in [7, 11) is 1.63. The number of rotatable bonds is 2. The van der Waals surface area contributed by atoms with Gasteiger partial charge in [-0.05, 0) is 25.5 Å². The van der Waals surface area contributed by atoms with Crippen molar-refractivity contribution in [2.75, 3.05) is 20.1 Å². The van der Waals surface area contributed by atoms with Crippen molar-refractivity contribution >= 4 is 22.7 Å². The third-order valence-electron chi connectivity index (χ3n) is 4.22. The standard InChI is InChI=1S/C15H18N4O2/c1-15(14(21)16-2)5-6-19(9-15)13(20)10-3-4-11-8-17-18-12(11)7-10/h3-4,7-8H,5-6,9H2,1-2H3,(H,16,21)(H,17,18). The molecule has 2 amide bonds. The zero-order valence-electron chi connectivity index (χ0n) is 12.1. The van der Waals surface area contributed by atoms with E-state index >= 15 is 0 Å². The molecule has 1 atom stereocenters. The zero-order valence-corrected chi connectivity index (χ0v) is 12.1. The molecule has 6 heteroatoms. The Balaban J connectivity index is 1.81. The molecule has 2 aromatic rings. The second kappa shape index (κ2) is 4.87. The molecule has 2 heterocycles. The number of benzene rings is 1. The van der Waals surface area contributed by atoms with Gasteiger partial charge in [0.1, 0.15) is 0 Å². The van der Waals surface area contributed by atoms with Gasteiger partial charge in [0.25, 0.3) is 5.91 Å². The van der Waals surface area contributed by atoms with E-state index in [1.54, 1.807) is 30.3 Å². The quantitative estimate of drug-likeness (QED) is 0.869. The highest BCUT2D eigenvalue weighted by atomic mass is 16.2. The Morgan fingerprint density at radius 3 is 3.00 bits per heavy atom. The Hall–Kier alpha value is -2.37. The van der Waals surface area contributed by atoms with Gasteiger partial charge in [-0.1, -0.05) is 6.07 Å². The van der Waals surface area contributed by atoms with E-state index in [1.165, 1.54) is 0 Å². The molecule has 1 aromatic carbocycles. The lowest BCUT2D eigenvalue weighted by Crippen LogP contribution is -2.40. The normalized spacial score (nSPS) is 21.7. The van der Waals surface area contributed by atoms with Crippen LogP contribution < -0.4 is 5.32 Å². The monoisotopic (exact) mass is 286 g/mol. The van der Waals surface area contributed by atoms with Crippen molar-refractivity contribution in [3.8, 4) is 0 Å². The summed E-state index contributed by atoms with van der Waals surface area (Å²) in [5.74, 6) is -0.0547. The summed E-state index contributed by atoms with van der Waals surface area (Å²) < 4.78 is 0. The number of nitrogens with one attached hydrogen (secondary N) is 2. The number of aromatic amines is 1. The molecule has 1 unspecified atom stereocenters. The Morgan fingerprint density at radius 1 is 1.43 bits per heavy atom. The minimum absolute atomic E-state index is 0.0122. The first-order valence-electron chi connectivity index (χ1n) is 6.98. The average molecular weight is 286 g/mol. The van der Waals surface area contributed by atoms with Gasteiger partial charge in [-0.3, -0.25) is 14.7 Å². The van der Waals surface area contributed by atoms with E-state index in [9.17, 15) is 9.59 Å². The summed E-state index contributed by atoms with van der Waals surface area (Å²) in [5.41, 5.74) is 0.963. The molecule has 0 bridgehead atoms. The molecular formula is C15H18N4O2. The van der Waals surface area contributed by atoms with Gasteiger partial charge in [-0.15, -0.1) is 0 Å². The Bertz CT molecular complexity index is 709. The van der Waals surface area contributed by atoms with Gasteiger partial charge < -0.3 is 10.2 Å². The fourth-order valence-electron chi connectivity index (χ4n) is 2.87. The van der Waals surface area contributed by atoms with Crippen LogP contribution in [-0.4, -0.2) is 47.0 Å². The predicted molar refractivity (Wildman–Crippen MR) is 78.8 cm³/mol. The predicted octanol–water partition coefficient (Wildman–Crippen LogP) is 1.16. The SMILES string of the molecule is CNC(=O)C1(C)CCN(C(=O)c2ccc3cn[nH]c3c2)C1. The lowest BCUT2D eigenvalue weighted by molar-refractivity contribution is -0.128. The molecule has 3 rings (SSSR count). The smallest absolute Gasteiger partial charge is 0.253 e. The lowest BCUT2D eigenvalue weighted by atomic mass is 9.89. The van der Waals surface area contributed by atoms with E-state index in [2.05, 4.69) is 15.5 Å². The summed E-state index contributed by atoms with van der Waals surface area (Å²) in [4.78, 5) is 26.2.